The molecule has 2 aliphatic rings. The van der Waals surface area contributed by atoms with Gasteiger partial charge in [-0.3, -0.25) is 9.59 Å². The zero-order chi connectivity index (χ0) is 9.09. The third-order valence-corrected chi connectivity index (χ3v) is 3.84. The first-order valence-electron chi connectivity index (χ1n) is 4.54. The first kappa shape index (κ1) is 7.96. The molecule has 0 N–H and O–H groups in total. The van der Waals surface area contributed by atoms with Gasteiger partial charge < -0.3 is 0 Å². The fraction of sp³-hybridized carbons (Fsp3) is 0.800. The van der Waals surface area contributed by atoms with Crippen molar-refractivity contribution in [3.8, 4) is 0 Å². The maximum Gasteiger partial charge on any atom is 0.202 e. The number of rotatable bonds is 0. The Morgan fingerprint density at radius 3 is 2.42 bits per heavy atom. The van der Waals surface area contributed by atoms with E-state index >= 15 is 0 Å². The van der Waals surface area contributed by atoms with Crippen molar-refractivity contribution in [1.82, 2.24) is 0 Å². The number of Topliss-reactive ketones (excluding diaryl/α,β-unsaturated/α-hetero) is 2. The fourth-order valence-electron chi connectivity index (χ4n) is 2.36. The average molecular weight is 166 g/mol. The number of hydrogen-bond acceptors (Lipinski definition) is 2. The highest BCUT2D eigenvalue weighted by Crippen LogP contribution is 2.58. The predicted molar refractivity (Wildman–Crippen MR) is 44.6 cm³/mol. The van der Waals surface area contributed by atoms with Crippen LogP contribution in [0.25, 0.3) is 0 Å². The first-order valence-corrected chi connectivity index (χ1v) is 4.54. The van der Waals surface area contributed by atoms with Crippen molar-refractivity contribution in [3.63, 3.8) is 0 Å². The lowest BCUT2D eigenvalue weighted by molar-refractivity contribution is -0.145. The van der Waals surface area contributed by atoms with Crippen molar-refractivity contribution >= 4 is 11.6 Å². The molecule has 0 heterocycles. The molecule has 0 aromatic heterocycles. The normalized spacial score (nSPS) is 44.1. The minimum atomic E-state index is -0.140. The fourth-order valence-corrected chi connectivity index (χ4v) is 2.36. The second-order valence-electron chi connectivity index (χ2n) is 4.72. The Morgan fingerprint density at radius 1 is 1.25 bits per heavy atom. The standard InChI is InChI=1S/C10H14O2/c1-5-8(11)9(12)6-4-7(6)10(5,2)3/h5-7H,4H2,1-3H3. The molecular formula is C10H14O2. The van der Waals surface area contributed by atoms with Crippen molar-refractivity contribution in [2.24, 2.45) is 23.2 Å². The van der Waals surface area contributed by atoms with Gasteiger partial charge in [-0.1, -0.05) is 20.8 Å². The van der Waals surface area contributed by atoms with Gasteiger partial charge in [0, 0.05) is 11.8 Å². The van der Waals surface area contributed by atoms with E-state index in [4.69, 9.17) is 0 Å². The van der Waals surface area contributed by atoms with Crippen molar-refractivity contribution < 1.29 is 9.59 Å². The molecule has 0 amide bonds. The van der Waals surface area contributed by atoms with Crippen LogP contribution in [0.5, 0.6) is 0 Å². The van der Waals surface area contributed by atoms with Crippen LogP contribution in [0.1, 0.15) is 27.2 Å². The first-order chi connectivity index (χ1) is 5.46. The highest BCUT2D eigenvalue weighted by atomic mass is 16.2. The molecule has 0 aliphatic heterocycles. The Kier molecular flexibility index (Phi) is 1.31. The Hall–Kier alpha value is -0.660. The molecule has 0 radical (unpaired) electrons. The summed E-state index contributed by atoms with van der Waals surface area (Å²) in [6, 6.07) is 0. The zero-order valence-electron chi connectivity index (χ0n) is 7.76. The van der Waals surface area contributed by atoms with Gasteiger partial charge in [0.05, 0.1) is 0 Å². The number of ketones is 2. The third kappa shape index (κ3) is 0.755. The molecule has 2 aliphatic carbocycles. The van der Waals surface area contributed by atoms with Gasteiger partial charge in [0.25, 0.3) is 0 Å². The molecule has 66 valence electrons. The lowest BCUT2D eigenvalue weighted by Gasteiger charge is -2.34. The molecule has 0 aromatic carbocycles. The quantitative estimate of drug-likeness (QED) is 0.510. The Labute approximate surface area is 72.3 Å². The minimum Gasteiger partial charge on any atom is -0.291 e. The average Bonchev–Trinajstić information content (AvgIpc) is 2.77. The lowest BCUT2D eigenvalue weighted by atomic mass is 9.68. The molecule has 0 aromatic rings. The summed E-state index contributed by atoms with van der Waals surface area (Å²) in [5.74, 6) is 0.251. The molecule has 2 nitrogen and oxygen atoms in total. The van der Waals surface area contributed by atoms with Crippen LogP contribution in [-0.4, -0.2) is 11.6 Å². The summed E-state index contributed by atoms with van der Waals surface area (Å²) in [5, 5.41) is 0. The van der Waals surface area contributed by atoms with Gasteiger partial charge in [0.1, 0.15) is 0 Å². The maximum absolute atomic E-state index is 11.4. The van der Waals surface area contributed by atoms with Gasteiger partial charge in [-0.2, -0.15) is 0 Å². The van der Waals surface area contributed by atoms with Crippen LogP contribution in [0.3, 0.4) is 0 Å². The van der Waals surface area contributed by atoms with Crippen LogP contribution in [0.4, 0.5) is 0 Å². The van der Waals surface area contributed by atoms with Crippen LogP contribution in [0, 0.1) is 23.2 Å². The molecule has 0 saturated heterocycles. The Balaban J connectivity index is 2.35. The third-order valence-electron chi connectivity index (χ3n) is 3.84. The second kappa shape index (κ2) is 1.98. The molecule has 0 spiro atoms. The van der Waals surface area contributed by atoms with E-state index in [9.17, 15) is 9.59 Å². The summed E-state index contributed by atoms with van der Waals surface area (Å²) in [6.45, 7) is 6.09. The molecule has 3 unspecified atom stereocenters. The summed E-state index contributed by atoms with van der Waals surface area (Å²) in [6.07, 6.45) is 0.946. The van der Waals surface area contributed by atoms with E-state index in [-0.39, 0.29) is 28.8 Å². The van der Waals surface area contributed by atoms with Crippen LogP contribution in [0.2, 0.25) is 0 Å². The summed E-state index contributed by atoms with van der Waals surface area (Å²) in [5.41, 5.74) is 0.0513. The monoisotopic (exact) mass is 166 g/mol. The van der Waals surface area contributed by atoms with E-state index in [1.165, 1.54) is 0 Å². The molecule has 12 heavy (non-hydrogen) atoms. The SMILES string of the molecule is CC1C(=O)C(=O)C2CC2C1(C)C. The van der Waals surface area contributed by atoms with Gasteiger partial charge in [0.2, 0.25) is 11.6 Å². The van der Waals surface area contributed by atoms with E-state index in [0.717, 1.165) is 6.42 Å². The lowest BCUT2D eigenvalue weighted by Crippen LogP contribution is -2.41. The molecule has 2 rings (SSSR count). The van der Waals surface area contributed by atoms with E-state index in [2.05, 4.69) is 13.8 Å². The van der Waals surface area contributed by atoms with E-state index in [0.29, 0.717) is 5.92 Å². The van der Waals surface area contributed by atoms with Crippen molar-refractivity contribution in [2.45, 2.75) is 27.2 Å². The number of hydrogen-bond donors (Lipinski definition) is 0. The second-order valence-corrected chi connectivity index (χ2v) is 4.72. The maximum atomic E-state index is 11.4. The van der Waals surface area contributed by atoms with E-state index in [1.807, 2.05) is 6.92 Å². The van der Waals surface area contributed by atoms with Crippen LogP contribution < -0.4 is 0 Å². The van der Waals surface area contributed by atoms with Crippen LogP contribution >= 0.6 is 0 Å². The van der Waals surface area contributed by atoms with Crippen LogP contribution in [-0.2, 0) is 9.59 Å². The Morgan fingerprint density at radius 2 is 1.83 bits per heavy atom. The van der Waals surface area contributed by atoms with Gasteiger partial charge in [-0.05, 0) is 17.8 Å². The smallest absolute Gasteiger partial charge is 0.202 e. The Bertz CT molecular complexity index is 265. The summed E-state index contributed by atoms with van der Waals surface area (Å²) < 4.78 is 0. The summed E-state index contributed by atoms with van der Waals surface area (Å²) in [7, 11) is 0. The largest absolute Gasteiger partial charge is 0.291 e. The topological polar surface area (TPSA) is 34.1 Å². The molecule has 2 heteroatoms. The van der Waals surface area contributed by atoms with Gasteiger partial charge in [-0.15, -0.1) is 0 Å². The summed E-state index contributed by atoms with van der Waals surface area (Å²) in [4.78, 5) is 22.7. The van der Waals surface area contributed by atoms with Gasteiger partial charge in [0.15, 0.2) is 0 Å². The van der Waals surface area contributed by atoms with Crippen molar-refractivity contribution in [1.29, 1.82) is 0 Å². The predicted octanol–water partition coefficient (Wildman–Crippen LogP) is 1.44. The molecule has 0 bridgehead atoms. The van der Waals surface area contributed by atoms with E-state index < -0.39 is 0 Å². The number of carbonyl (C=O) groups is 2. The highest BCUT2D eigenvalue weighted by Gasteiger charge is 2.60. The van der Waals surface area contributed by atoms with Crippen molar-refractivity contribution in [3.05, 3.63) is 0 Å². The van der Waals surface area contributed by atoms with Gasteiger partial charge >= 0.3 is 0 Å². The highest BCUT2D eigenvalue weighted by molar-refractivity contribution is 6.40. The van der Waals surface area contributed by atoms with Crippen molar-refractivity contribution in [2.75, 3.05) is 0 Å². The van der Waals surface area contributed by atoms with Gasteiger partial charge in [-0.25, -0.2) is 0 Å². The molecular weight excluding hydrogens is 152 g/mol. The minimum absolute atomic E-state index is 0.0513. The number of fused-ring (bicyclic) bond motifs is 1. The van der Waals surface area contributed by atoms with Crippen LogP contribution in [0.15, 0.2) is 0 Å². The molecule has 2 fully saturated rings. The molecule has 3 atom stereocenters. The zero-order valence-corrected chi connectivity index (χ0v) is 7.76. The molecule has 2 saturated carbocycles. The van der Waals surface area contributed by atoms with E-state index in [1.54, 1.807) is 0 Å². The number of carbonyl (C=O) groups excluding carboxylic acids is 2. The summed E-state index contributed by atoms with van der Waals surface area (Å²) >= 11 is 0.